The number of nitrogens with one attached hydrogen (secondary N) is 1. The second-order valence-electron chi connectivity index (χ2n) is 6.35. The van der Waals surface area contributed by atoms with E-state index in [2.05, 4.69) is 36.5 Å². The van der Waals surface area contributed by atoms with Crippen LogP contribution in [0.4, 0.5) is 0 Å². The molecule has 3 heteroatoms. The monoisotopic (exact) mass is 289 g/mol. The lowest BCUT2D eigenvalue weighted by Gasteiger charge is -2.37. The van der Waals surface area contributed by atoms with E-state index in [0.29, 0.717) is 6.10 Å². The summed E-state index contributed by atoms with van der Waals surface area (Å²) in [5, 5.41) is 3.64. The molecule has 3 rings (SSSR count). The summed E-state index contributed by atoms with van der Waals surface area (Å²) in [7, 11) is 1.86. The first-order valence-electron chi connectivity index (χ1n) is 8.32. The molecule has 0 heterocycles. The molecule has 21 heavy (non-hydrogen) atoms. The van der Waals surface area contributed by atoms with Crippen molar-refractivity contribution in [2.75, 3.05) is 13.7 Å². The molecule has 2 aliphatic rings. The number of methoxy groups -OCH3 is 1. The highest BCUT2D eigenvalue weighted by atomic mass is 16.5. The maximum Gasteiger partial charge on any atom is 0.119 e. The highest BCUT2D eigenvalue weighted by molar-refractivity contribution is 5.31. The van der Waals surface area contributed by atoms with Gasteiger partial charge in [-0.3, -0.25) is 0 Å². The van der Waals surface area contributed by atoms with Gasteiger partial charge in [-0.15, -0.1) is 0 Å². The van der Waals surface area contributed by atoms with Crippen molar-refractivity contribution in [2.24, 2.45) is 0 Å². The van der Waals surface area contributed by atoms with Crippen LogP contribution in [0.2, 0.25) is 0 Å². The molecular weight excluding hydrogens is 262 g/mol. The van der Waals surface area contributed by atoms with Gasteiger partial charge in [0, 0.05) is 7.11 Å². The number of benzene rings is 1. The Bertz CT molecular complexity index is 447. The first kappa shape index (κ1) is 14.9. The van der Waals surface area contributed by atoms with E-state index in [4.69, 9.17) is 9.47 Å². The summed E-state index contributed by atoms with van der Waals surface area (Å²) in [6.45, 7) is 3.12. The highest BCUT2D eigenvalue weighted by Crippen LogP contribution is 2.42. The third-order valence-corrected chi connectivity index (χ3v) is 4.83. The van der Waals surface area contributed by atoms with Crippen molar-refractivity contribution in [3.8, 4) is 5.75 Å². The van der Waals surface area contributed by atoms with Crippen LogP contribution in [0.3, 0.4) is 0 Å². The van der Waals surface area contributed by atoms with Crippen molar-refractivity contribution in [3.05, 3.63) is 29.8 Å². The van der Waals surface area contributed by atoms with E-state index in [1.54, 1.807) is 0 Å². The van der Waals surface area contributed by atoms with E-state index in [-0.39, 0.29) is 11.6 Å². The molecule has 2 saturated carbocycles. The van der Waals surface area contributed by atoms with Crippen molar-refractivity contribution < 1.29 is 9.47 Å². The third kappa shape index (κ3) is 3.24. The Labute approximate surface area is 128 Å². The lowest BCUT2D eigenvalue weighted by atomic mass is 9.86. The molecule has 0 aromatic heterocycles. The Hall–Kier alpha value is -1.06. The average Bonchev–Trinajstić information content (AvgIpc) is 3.20. The Morgan fingerprint density at radius 2 is 1.86 bits per heavy atom. The summed E-state index contributed by atoms with van der Waals surface area (Å²) in [5.74, 6) is 0.995. The summed E-state index contributed by atoms with van der Waals surface area (Å²) in [6, 6.07) is 8.88. The molecule has 1 aromatic carbocycles. The smallest absolute Gasteiger partial charge is 0.119 e. The van der Waals surface area contributed by atoms with Crippen LogP contribution in [0.1, 0.15) is 57.1 Å². The lowest BCUT2D eigenvalue weighted by Crippen LogP contribution is -2.43. The van der Waals surface area contributed by atoms with Gasteiger partial charge in [0.15, 0.2) is 0 Å². The first-order valence-corrected chi connectivity index (χ1v) is 8.32. The molecule has 0 saturated heterocycles. The molecule has 1 aromatic rings. The molecular formula is C18H27NO2. The molecule has 0 aliphatic heterocycles. The predicted octanol–water partition coefficient (Wildman–Crippen LogP) is 3.84. The van der Waals surface area contributed by atoms with E-state index < -0.39 is 0 Å². The Balaban J connectivity index is 1.78. The van der Waals surface area contributed by atoms with Gasteiger partial charge in [0.25, 0.3) is 0 Å². The molecule has 2 fully saturated rings. The number of hydrogen-bond donors (Lipinski definition) is 1. The number of ether oxygens (including phenoxy) is 2. The Kier molecular flexibility index (Phi) is 4.51. The second-order valence-corrected chi connectivity index (χ2v) is 6.35. The van der Waals surface area contributed by atoms with Crippen LogP contribution in [0.5, 0.6) is 5.75 Å². The summed E-state index contributed by atoms with van der Waals surface area (Å²) >= 11 is 0. The van der Waals surface area contributed by atoms with Crippen LogP contribution in [0, 0.1) is 0 Å². The molecule has 116 valence electrons. The standard InChI is InChI=1S/C18H27NO2/c1-3-19-17(18(20-2)12-4-5-13-18)14-6-8-15(9-7-14)21-16-10-11-16/h6-9,16-17,19H,3-5,10-13H2,1-2H3. The highest BCUT2D eigenvalue weighted by Gasteiger charge is 2.42. The molecule has 0 radical (unpaired) electrons. The molecule has 1 atom stereocenters. The van der Waals surface area contributed by atoms with Gasteiger partial charge in [-0.25, -0.2) is 0 Å². The molecule has 3 nitrogen and oxygen atoms in total. The molecule has 0 bridgehead atoms. The minimum Gasteiger partial charge on any atom is -0.490 e. The van der Waals surface area contributed by atoms with Gasteiger partial charge in [-0.1, -0.05) is 31.9 Å². The van der Waals surface area contributed by atoms with Crippen molar-refractivity contribution in [1.82, 2.24) is 5.32 Å². The normalized spacial score (nSPS) is 22.2. The molecule has 0 amide bonds. The summed E-state index contributed by atoms with van der Waals surface area (Å²) in [6.07, 6.45) is 7.67. The second kappa shape index (κ2) is 6.37. The van der Waals surface area contributed by atoms with Gasteiger partial charge in [0.1, 0.15) is 5.75 Å². The zero-order valence-corrected chi connectivity index (χ0v) is 13.2. The van der Waals surface area contributed by atoms with Crippen LogP contribution >= 0.6 is 0 Å². The zero-order chi connectivity index (χ0) is 14.7. The maximum absolute atomic E-state index is 5.98. The van der Waals surface area contributed by atoms with Crippen molar-refractivity contribution in [3.63, 3.8) is 0 Å². The Morgan fingerprint density at radius 1 is 1.19 bits per heavy atom. The molecule has 1 unspecified atom stereocenters. The van der Waals surface area contributed by atoms with Crippen LogP contribution in [-0.2, 0) is 4.74 Å². The van der Waals surface area contributed by atoms with Gasteiger partial charge in [0.2, 0.25) is 0 Å². The minimum absolute atomic E-state index is 0.0467. The zero-order valence-electron chi connectivity index (χ0n) is 13.2. The van der Waals surface area contributed by atoms with E-state index in [0.717, 1.165) is 25.1 Å². The van der Waals surface area contributed by atoms with Gasteiger partial charge in [-0.2, -0.15) is 0 Å². The summed E-state index contributed by atoms with van der Waals surface area (Å²) in [5.41, 5.74) is 1.26. The van der Waals surface area contributed by atoms with E-state index in [1.807, 2.05) is 7.11 Å². The van der Waals surface area contributed by atoms with E-state index >= 15 is 0 Å². The topological polar surface area (TPSA) is 30.5 Å². The fourth-order valence-corrected chi connectivity index (χ4v) is 3.51. The SMILES string of the molecule is CCNC(c1ccc(OC2CC2)cc1)C1(OC)CCCC1. The van der Waals surface area contributed by atoms with Gasteiger partial charge in [-0.05, 0) is 49.9 Å². The third-order valence-electron chi connectivity index (χ3n) is 4.83. The van der Waals surface area contributed by atoms with Crippen molar-refractivity contribution in [1.29, 1.82) is 0 Å². The average molecular weight is 289 g/mol. The van der Waals surface area contributed by atoms with Gasteiger partial charge < -0.3 is 14.8 Å². The van der Waals surface area contributed by atoms with Gasteiger partial charge >= 0.3 is 0 Å². The summed E-state index contributed by atoms with van der Waals surface area (Å²) in [4.78, 5) is 0. The van der Waals surface area contributed by atoms with Crippen molar-refractivity contribution >= 4 is 0 Å². The first-order chi connectivity index (χ1) is 10.3. The number of hydrogen-bond acceptors (Lipinski definition) is 3. The minimum atomic E-state index is -0.0467. The Morgan fingerprint density at radius 3 is 2.38 bits per heavy atom. The molecule has 0 spiro atoms. The summed E-state index contributed by atoms with van der Waals surface area (Å²) < 4.78 is 11.8. The molecule has 2 aliphatic carbocycles. The predicted molar refractivity (Wildman–Crippen MR) is 84.7 cm³/mol. The fourth-order valence-electron chi connectivity index (χ4n) is 3.51. The molecule has 1 N–H and O–H groups in total. The maximum atomic E-state index is 5.98. The number of rotatable bonds is 7. The quantitative estimate of drug-likeness (QED) is 0.827. The van der Waals surface area contributed by atoms with E-state index in [1.165, 1.54) is 31.2 Å². The largest absolute Gasteiger partial charge is 0.490 e. The lowest BCUT2D eigenvalue weighted by molar-refractivity contribution is -0.0364. The van der Waals surface area contributed by atoms with Crippen LogP contribution < -0.4 is 10.1 Å². The van der Waals surface area contributed by atoms with Crippen LogP contribution in [-0.4, -0.2) is 25.4 Å². The van der Waals surface area contributed by atoms with E-state index in [9.17, 15) is 0 Å². The number of likely N-dealkylation sites (N-methyl/N-ethyl adjacent to an activating group) is 1. The van der Waals surface area contributed by atoms with Crippen LogP contribution in [0.25, 0.3) is 0 Å². The van der Waals surface area contributed by atoms with Gasteiger partial charge in [0.05, 0.1) is 17.7 Å². The van der Waals surface area contributed by atoms with Crippen LogP contribution in [0.15, 0.2) is 24.3 Å². The van der Waals surface area contributed by atoms with Crippen molar-refractivity contribution in [2.45, 2.75) is 63.2 Å². The fraction of sp³-hybridized carbons (Fsp3) is 0.667.